The van der Waals surface area contributed by atoms with Gasteiger partial charge >= 0.3 is 0 Å². The Bertz CT molecular complexity index is 239. The van der Waals surface area contributed by atoms with E-state index in [1.54, 1.807) is 18.5 Å². The molecule has 1 heterocycles. The molecule has 0 aromatic carbocycles. The lowest BCUT2D eigenvalue weighted by Crippen LogP contribution is -2.26. The molecular weight excluding hydrogens is 255 g/mol. The third-order valence-corrected chi connectivity index (χ3v) is 1.73. The van der Waals surface area contributed by atoms with Crippen LogP contribution in [0.1, 0.15) is 13.8 Å². The Balaban J connectivity index is 2.65. The molecule has 4 heteroatoms. The summed E-state index contributed by atoms with van der Waals surface area (Å²) in [6, 6.07) is 1.91. The van der Waals surface area contributed by atoms with Gasteiger partial charge in [-0.05, 0) is 42.5 Å². The van der Waals surface area contributed by atoms with Gasteiger partial charge in [-0.1, -0.05) is 0 Å². The molecular formula is C7H11IN2O. The molecule has 0 saturated heterocycles. The molecule has 0 fully saturated rings. The van der Waals surface area contributed by atoms with E-state index in [9.17, 15) is 5.11 Å². The number of hydrogen-bond acceptors (Lipinski definition) is 2. The highest BCUT2D eigenvalue weighted by molar-refractivity contribution is 14.1. The van der Waals surface area contributed by atoms with Crippen molar-refractivity contribution >= 4 is 22.6 Å². The monoisotopic (exact) mass is 266 g/mol. The third-order valence-electron chi connectivity index (χ3n) is 1.16. The van der Waals surface area contributed by atoms with Crippen molar-refractivity contribution in [1.29, 1.82) is 0 Å². The molecule has 0 aliphatic carbocycles. The van der Waals surface area contributed by atoms with Crippen LogP contribution in [0.2, 0.25) is 0 Å². The van der Waals surface area contributed by atoms with E-state index in [0.717, 1.165) is 3.70 Å². The lowest BCUT2D eigenvalue weighted by Gasteiger charge is -2.16. The molecule has 1 rings (SSSR count). The average molecular weight is 266 g/mol. The van der Waals surface area contributed by atoms with Gasteiger partial charge in [0.15, 0.2) is 0 Å². The summed E-state index contributed by atoms with van der Waals surface area (Å²) in [4.78, 5) is 0. The van der Waals surface area contributed by atoms with E-state index >= 15 is 0 Å². The van der Waals surface area contributed by atoms with Crippen molar-refractivity contribution < 1.29 is 5.11 Å². The van der Waals surface area contributed by atoms with Gasteiger partial charge in [-0.25, -0.2) is 0 Å². The van der Waals surface area contributed by atoms with Crippen LogP contribution < -0.4 is 0 Å². The van der Waals surface area contributed by atoms with Crippen LogP contribution >= 0.6 is 22.6 Å². The number of hydrogen-bond donors (Lipinski definition) is 1. The minimum atomic E-state index is -0.685. The number of nitrogens with zero attached hydrogens (tertiary/aromatic N) is 2. The highest BCUT2D eigenvalue weighted by atomic mass is 127. The van der Waals surface area contributed by atoms with E-state index < -0.39 is 5.60 Å². The maximum Gasteiger partial charge on any atom is 0.123 e. The number of aliphatic hydroxyl groups is 1. The summed E-state index contributed by atoms with van der Waals surface area (Å²) in [6.45, 7) is 4.07. The van der Waals surface area contributed by atoms with Gasteiger partial charge in [-0.3, -0.25) is 4.68 Å². The summed E-state index contributed by atoms with van der Waals surface area (Å²) in [6.07, 6.45) is 1.86. The van der Waals surface area contributed by atoms with Gasteiger partial charge in [0.2, 0.25) is 0 Å². The minimum Gasteiger partial charge on any atom is -0.389 e. The number of aromatic nitrogens is 2. The third kappa shape index (κ3) is 3.20. The van der Waals surface area contributed by atoms with Crippen LogP contribution in [0.3, 0.4) is 0 Å². The Morgan fingerprint density at radius 3 is 2.73 bits per heavy atom. The first kappa shape index (κ1) is 8.99. The summed E-state index contributed by atoms with van der Waals surface area (Å²) >= 11 is 2.14. The zero-order valence-electron chi connectivity index (χ0n) is 6.58. The molecule has 0 saturated carbocycles. The maximum atomic E-state index is 9.42. The van der Waals surface area contributed by atoms with Crippen LogP contribution in [-0.2, 0) is 6.54 Å². The van der Waals surface area contributed by atoms with E-state index in [0.29, 0.717) is 6.54 Å². The lowest BCUT2D eigenvalue weighted by molar-refractivity contribution is 0.0576. The van der Waals surface area contributed by atoms with Gasteiger partial charge in [0.05, 0.1) is 12.1 Å². The van der Waals surface area contributed by atoms with Crippen molar-refractivity contribution in [3.8, 4) is 0 Å². The van der Waals surface area contributed by atoms with Gasteiger partial charge in [0.1, 0.15) is 3.70 Å². The van der Waals surface area contributed by atoms with E-state index in [-0.39, 0.29) is 0 Å². The van der Waals surface area contributed by atoms with Crippen molar-refractivity contribution in [1.82, 2.24) is 9.78 Å². The van der Waals surface area contributed by atoms with Crippen LogP contribution in [0.15, 0.2) is 12.3 Å². The molecule has 0 radical (unpaired) electrons. The maximum absolute atomic E-state index is 9.42. The molecule has 0 bridgehead atoms. The highest BCUT2D eigenvalue weighted by Gasteiger charge is 2.13. The van der Waals surface area contributed by atoms with Gasteiger partial charge in [-0.2, -0.15) is 5.10 Å². The zero-order valence-corrected chi connectivity index (χ0v) is 8.74. The van der Waals surface area contributed by atoms with Crippen LogP contribution in [0.25, 0.3) is 0 Å². The van der Waals surface area contributed by atoms with Crippen molar-refractivity contribution in [2.45, 2.75) is 26.0 Å². The predicted octanol–water partition coefficient (Wildman–Crippen LogP) is 1.26. The topological polar surface area (TPSA) is 38.0 Å². The fourth-order valence-electron chi connectivity index (χ4n) is 0.821. The molecule has 0 aliphatic rings. The molecule has 1 aromatic heterocycles. The summed E-state index contributed by atoms with van der Waals surface area (Å²) in [5, 5.41) is 13.6. The zero-order chi connectivity index (χ0) is 8.48. The molecule has 62 valence electrons. The van der Waals surface area contributed by atoms with Crippen molar-refractivity contribution in [2.24, 2.45) is 0 Å². The van der Waals surface area contributed by atoms with E-state index in [1.165, 1.54) is 0 Å². The van der Waals surface area contributed by atoms with Crippen LogP contribution in [0.5, 0.6) is 0 Å². The second-order valence-electron chi connectivity index (χ2n) is 3.15. The summed E-state index contributed by atoms with van der Waals surface area (Å²) in [5.74, 6) is 0. The van der Waals surface area contributed by atoms with E-state index in [2.05, 4.69) is 27.7 Å². The minimum absolute atomic E-state index is 0.538. The van der Waals surface area contributed by atoms with Gasteiger partial charge < -0.3 is 5.11 Å². The van der Waals surface area contributed by atoms with Crippen LogP contribution in [0, 0.1) is 3.70 Å². The summed E-state index contributed by atoms with van der Waals surface area (Å²) < 4.78 is 2.69. The first-order chi connectivity index (χ1) is 4.97. The molecule has 1 aromatic rings. The standard InChI is InChI=1S/C7H11IN2O/c1-7(2,11)5-10-4-3-6(8)9-10/h3-4,11H,5H2,1-2H3. The molecule has 3 nitrogen and oxygen atoms in total. The first-order valence-corrected chi connectivity index (χ1v) is 4.46. The Kier molecular flexibility index (Phi) is 2.54. The Labute approximate surface area is 79.6 Å². The molecule has 0 atom stereocenters. The van der Waals surface area contributed by atoms with Crippen molar-refractivity contribution in [3.05, 3.63) is 16.0 Å². The summed E-state index contributed by atoms with van der Waals surface area (Å²) in [5.41, 5.74) is -0.685. The lowest BCUT2D eigenvalue weighted by atomic mass is 10.1. The molecule has 1 N–H and O–H groups in total. The predicted molar refractivity (Wildman–Crippen MR) is 51.2 cm³/mol. The fraction of sp³-hybridized carbons (Fsp3) is 0.571. The van der Waals surface area contributed by atoms with Crippen molar-refractivity contribution in [3.63, 3.8) is 0 Å². The smallest absolute Gasteiger partial charge is 0.123 e. The van der Waals surface area contributed by atoms with Crippen LogP contribution in [-0.4, -0.2) is 20.5 Å². The molecule has 0 aliphatic heterocycles. The number of rotatable bonds is 2. The second-order valence-corrected chi connectivity index (χ2v) is 4.25. The number of halogens is 1. The molecule has 0 amide bonds. The van der Waals surface area contributed by atoms with Gasteiger partial charge in [0.25, 0.3) is 0 Å². The quantitative estimate of drug-likeness (QED) is 0.818. The van der Waals surface area contributed by atoms with Crippen molar-refractivity contribution in [2.75, 3.05) is 0 Å². The molecule has 0 unspecified atom stereocenters. The largest absolute Gasteiger partial charge is 0.389 e. The van der Waals surface area contributed by atoms with Gasteiger partial charge in [0, 0.05) is 6.20 Å². The SMILES string of the molecule is CC(C)(O)Cn1ccc(I)n1. The fourth-order valence-corrected chi connectivity index (χ4v) is 1.26. The van der Waals surface area contributed by atoms with E-state index in [1.807, 2.05) is 12.3 Å². The van der Waals surface area contributed by atoms with Gasteiger partial charge in [-0.15, -0.1) is 0 Å². The van der Waals surface area contributed by atoms with Crippen LogP contribution in [0.4, 0.5) is 0 Å². The van der Waals surface area contributed by atoms with E-state index in [4.69, 9.17) is 0 Å². The molecule has 0 spiro atoms. The highest BCUT2D eigenvalue weighted by Crippen LogP contribution is 2.06. The first-order valence-electron chi connectivity index (χ1n) is 3.39. The molecule has 11 heavy (non-hydrogen) atoms. The Hall–Kier alpha value is -0.100. The Morgan fingerprint density at radius 1 is 1.73 bits per heavy atom. The average Bonchev–Trinajstić information content (AvgIpc) is 2.10. The second kappa shape index (κ2) is 3.10. The normalized spacial score (nSPS) is 12.0. The Morgan fingerprint density at radius 2 is 2.36 bits per heavy atom. The summed E-state index contributed by atoms with van der Waals surface area (Å²) in [7, 11) is 0.